The Morgan fingerprint density at radius 3 is 2.42 bits per heavy atom. The van der Waals surface area contributed by atoms with E-state index in [1.807, 2.05) is 19.1 Å². The number of hydrogen-bond acceptors (Lipinski definition) is 9. The van der Waals surface area contributed by atoms with E-state index < -0.39 is 44.9 Å². The highest BCUT2D eigenvalue weighted by molar-refractivity contribution is 7.89. The molecule has 1 aliphatic rings. The number of rotatable bonds is 8. The van der Waals surface area contributed by atoms with E-state index in [-0.39, 0.29) is 29.3 Å². The van der Waals surface area contributed by atoms with Gasteiger partial charge in [0.15, 0.2) is 16.9 Å². The van der Waals surface area contributed by atoms with E-state index in [0.717, 1.165) is 47.9 Å². The summed E-state index contributed by atoms with van der Waals surface area (Å²) < 4.78 is 80.4. The van der Waals surface area contributed by atoms with E-state index in [1.165, 1.54) is 14.1 Å². The van der Waals surface area contributed by atoms with Crippen LogP contribution in [0.3, 0.4) is 0 Å². The van der Waals surface area contributed by atoms with Gasteiger partial charge in [-0.15, -0.1) is 4.31 Å². The predicted molar refractivity (Wildman–Crippen MR) is 129 cm³/mol. The lowest BCUT2D eigenvalue weighted by atomic mass is 9.96. The van der Waals surface area contributed by atoms with Gasteiger partial charge in [0.25, 0.3) is 0 Å². The molecule has 4 rings (SSSR count). The minimum Gasteiger partial charge on any atom is -0.593 e. The van der Waals surface area contributed by atoms with Gasteiger partial charge >= 0.3 is 6.18 Å². The molecule has 0 radical (unpaired) electrons. The van der Waals surface area contributed by atoms with Gasteiger partial charge in [0, 0.05) is 22.8 Å². The summed E-state index contributed by atoms with van der Waals surface area (Å²) in [5.41, 5.74) is -1.41. The minimum absolute atomic E-state index is 0.0312. The molecule has 1 saturated carbocycles. The summed E-state index contributed by atoms with van der Waals surface area (Å²) in [6.07, 6.45) is -0.815. The second-order valence-electron chi connectivity index (χ2n) is 8.75. The molecule has 0 bridgehead atoms. The fourth-order valence-corrected chi connectivity index (χ4v) is 5.94. The van der Waals surface area contributed by atoms with Crippen LogP contribution in [-0.2, 0) is 17.5 Å². The lowest BCUT2D eigenvalue weighted by molar-refractivity contribution is -0.140. The van der Waals surface area contributed by atoms with Crippen LogP contribution < -0.4 is 10.6 Å². The molecule has 3 aromatic rings. The SMILES string of the molecule is Cc1ccc([C@H](Nc2n[s+]([O-])nc2Nc2ccc(C(F)(F)F)c([S+]([O-])N(C)C)c2O)C2CCCC2)o1. The average molecular weight is 546 g/mol. The largest absolute Gasteiger partial charge is 0.593 e. The van der Waals surface area contributed by atoms with Gasteiger partial charge in [-0.1, -0.05) is 12.8 Å². The smallest absolute Gasteiger partial charge is 0.421 e. The van der Waals surface area contributed by atoms with Crippen molar-refractivity contribution in [1.29, 1.82) is 0 Å². The van der Waals surface area contributed by atoms with Gasteiger partial charge < -0.3 is 29.3 Å². The second-order valence-corrected chi connectivity index (χ2v) is 11.2. The van der Waals surface area contributed by atoms with Crippen molar-refractivity contribution in [1.82, 2.24) is 13.1 Å². The summed E-state index contributed by atoms with van der Waals surface area (Å²) in [6.45, 7) is 1.83. The summed E-state index contributed by atoms with van der Waals surface area (Å²) in [5, 5.41) is 16.7. The van der Waals surface area contributed by atoms with Crippen LogP contribution in [0.4, 0.5) is 30.5 Å². The Balaban J connectivity index is 1.69. The third kappa shape index (κ3) is 5.57. The number of phenols is 1. The molecule has 1 fully saturated rings. The fraction of sp³-hybridized carbons (Fsp3) is 0.455. The number of aryl methyl sites for hydroxylation is 1. The molecule has 3 atom stereocenters. The second kappa shape index (κ2) is 10.5. The first-order valence-electron chi connectivity index (χ1n) is 11.2. The number of anilines is 3. The first kappa shape index (κ1) is 26.5. The third-order valence-corrected chi connectivity index (χ3v) is 8.09. The van der Waals surface area contributed by atoms with Crippen molar-refractivity contribution in [2.75, 3.05) is 24.7 Å². The zero-order valence-corrected chi connectivity index (χ0v) is 21.4. The van der Waals surface area contributed by atoms with E-state index in [0.29, 0.717) is 5.76 Å². The molecule has 2 unspecified atom stereocenters. The van der Waals surface area contributed by atoms with Crippen LogP contribution in [0.1, 0.15) is 48.8 Å². The number of aromatic hydroxyl groups is 1. The number of alkyl halides is 3. The molecule has 1 aliphatic carbocycles. The molecule has 0 amide bonds. The quantitative estimate of drug-likeness (QED) is 0.248. The van der Waals surface area contributed by atoms with Crippen molar-refractivity contribution in [2.45, 2.75) is 49.7 Å². The molecule has 3 N–H and O–H groups in total. The summed E-state index contributed by atoms with van der Waals surface area (Å²) >= 11 is -4.28. The molecule has 9 nitrogen and oxygen atoms in total. The van der Waals surface area contributed by atoms with E-state index in [1.54, 1.807) is 0 Å². The molecule has 0 saturated heterocycles. The molecular formula is C22H26F3N5O4S2. The minimum atomic E-state index is -4.84. The summed E-state index contributed by atoms with van der Waals surface area (Å²) in [6, 6.07) is 5.13. The van der Waals surface area contributed by atoms with Gasteiger partial charge in [-0.25, -0.2) is 0 Å². The maximum atomic E-state index is 13.6. The van der Waals surface area contributed by atoms with Gasteiger partial charge in [-0.3, -0.25) is 0 Å². The lowest BCUT2D eigenvalue weighted by Crippen LogP contribution is -2.25. The van der Waals surface area contributed by atoms with Gasteiger partial charge in [-0.2, -0.15) is 13.2 Å². The number of hydrogen-bond donors (Lipinski definition) is 3. The number of phenolic OH excluding ortho intramolecular Hbond substituents is 1. The number of furan rings is 1. The number of aromatic nitrogens is 2. The van der Waals surface area contributed by atoms with E-state index in [2.05, 4.69) is 19.4 Å². The van der Waals surface area contributed by atoms with Gasteiger partial charge in [-0.05, 0) is 49.9 Å². The first-order chi connectivity index (χ1) is 17.0. The van der Waals surface area contributed by atoms with Gasteiger partial charge in [0.05, 0.1) is 23.1 Å². The van der Waals surface area contributed by atoms with E-state index in [9.17, 15) is 27.4 Å². The number of nitrogens with one attached hydrogen (secondary N) is 2. The molecule has 36 heavy (non-hydrogen) atoms. The third-order valence-electron chi connectivity index (χ3n) is 5.99. The predicted octanol–water partition coefficient (Wildman–Crippen LogP) is 5.50. The Labute approximate surface area is 212 Å². The van der Waals surface area contributed by atoms with Crippen molar-refractivity contribution < 1.29 is 31.8 Å². The van der Waals surface area contributed by atoms with Crippen LogP contribution in [-0.4, -0.2) is 41.4 Å². The first-order valence-corrected chi connectivity index (χ1v) is 13.3. The van der Waals surface area contributed by atoms with Crippen LogP contribution in [0.15, 0.2) is 33.6 Å². The highest BCUT2D eigenvalue weighted by atomic mass is 32.2. The van der Waals surface area contributed by atoms with Crippen molar-refractivity contribution >= 4 is 39.8 Å². The van der Waals surface area contributed by atoms with E-state index >= 15 is 0 Å². The molecule has 2 aromatic heterocycles. The van der Waals surface area contributed by atoms with Crippen LogP contribution in [0.25, 0.3) is 0 Å². The van der Waals surface area contributed by atoms with Crippen LogP contribution in [0.2, 0.25) is 0 Å². The van der Waals surface area contributed by atoms with Crippen molar-refractivity contribution in [3.05, 3.63) is 41.3 Å². The Kier molecular flexibility index (Phi) is 7.71. The summed E-state index contributed by atoms with van der Waals surface area (Å²) in [7, 11) is 2.66. The molecular weight excluding hydrogens is 519 g/mol. The van der Waals surface area contributed by atoms with E-state index in [4.69, 9.17) is 4.42 Å². The Morgan fingerprint density at radius 2 is 1.83 bits per heavy atom. The maximum Gasteiger partial charge on any atom is 0.421 e. The molecule has 196 valence electrons. The van der Waals surface area contributed by atoms with Crippen molar-refractivity contribution in [3.63, 3.8) is 0 Å². The molecule has 0 spiro atoms. The lowest BCUT2D eigenvalue weighted by Gasteiger charge is -2.23. The number of benzene rings is 1. The number of halogens is 3. The highest BCUT2D eigenvalue weighted by Gasteiger charge is 2.41. The highest BCUT2D eigenvalue weighted by Crippen LogP contribution is 2.45. The zero-order chi connectivity index (χ0) is 26.2. The maximum absolute atomic E-state index is 13.6. The topological polar surface area (TPSA) is 133 Å². The summed E-state index contributed by atoms with van der Waals surface area (Å²) in [4.78, 5) is -0.793. The normalized spacial score (nSPS) is 17.0. The van der Waals surface area contributed by atoms with Crippen LogP contribution in [0.5, 0.6) is 5.75 Å². The molecule has 1 aromatic carbocycles. The summed E-state index contributed by atoms with van der Waals surface area (Å²) in [5.74, 6) is 0.868. The number of nitrogens with zero attached hydrogens (tertiary/aromatic N) is 3. The molecule has 0 aliphatic heterocycles. The Morgan fingerprint density at radius 1 is 1.17 bits per heavy atom. The van der Waals surface area contributed by atoms with Gasteiger partial charge in [0.2, 0.25) is 16.5 Å². The fourth-order valence-electron chi connectivity index (χ4n) is 4.30. The average Bonchev–Trinajstić information content (AvgIpc) is 3.54. The van der Waals surface area contributed by atoms with Crippen LogP contribution >= 0.6 is 11.1 Å². The van der Waals surface area contributed by atoms with Crippen molar-refractivity contribution in [2.24, 2.45) is 5.92 Å². The van der Waals surface area contributed by atoms with Crippen LogP contribution in [0, 0.1) is 12.8 Å². The molecule has 2 heterocycles. The molecule has 14 heteroatoms. The van der Waals surface area contributed by atoms with Gasteiger partial charge in [0.1, 0.15) is 17.1 Å². The van der Waals surface area contributed by atoms with Crippen molar-refractivity contribution in [3.8, 4) is 5.75 Å². The zero-order valence-electron chi connectivity index (χ0n) is 19.8. The standard InChI is InChI=1S/C22H26F3N5O4S2/c1-12-8-11-16(34-12)17(13-6-4-5-7-13)27-21-20(28-36(33)29-21)26-15-10-9-14(22(23,24)25)19(18(15)31)35(32)30(2)3/h8-11,13,17,31H,4-7H2,1-3H3,(H,26,28)(H,27,29)/t17-,35?,36?/m1/s1. The Bertz CT molecular complexity index is 1210. The monoisotopic (exact) mass is 545 g/mol. The Hall–Kier alpha value is -2.52.